The number of aromatic nitrogens is 1. The Morgan fingerprint density at radius 1 is 1.33 bits per heavy atom. The molecule has 1 aromatic carbocycles. The zero-order valence-corrected chi connectivity index (χ0v) is 13.4. The molecule has 3 nitrogen and oxygen atoms in total. The van der Waals surface area contributed by atoms with Gasteiger partial charge in [0.05, 0.1) is 18.8 Å². The number of hydrogen-bond acceptors (Lipinski definition) is 3. The van der Waals surface area contributed by atoms with Crippen molar-refractivity contribution < 1.29 is 4.74 Å². The topological polar surface area (TPSA) is 34.1 Å². The Hall–Kier alpha value is -1.58. The maximum absolute atomic E-state index is 6.12. The van der Waals surface area contributed by atoms with E-state index in [0.717, 1.165) is 35.0 Å². The second-order valence-electron chi connectivity index (χ2n) is 4.98. The first kappa shape index (κ1) is 15.8. The molecule has 1 aromatic heterocycles. The fourth-order valence-corrected chi connectivity index (χ4v) is 2.70. The van der Waals surface area contributed by atoms with Crippen molar-refractivity contribution in [2.24, 2.45) is 0 Å². The molecule has 1 N–H and O–H groups in total. The fraction of sp³-hybridized carbons (Fsp3) is 0.353. The summed E-state index contributed by atoms with van der Waals surface area (Å²) in [6.45, 7) is 5.06. The van der Waals surface area contributed by atoms with Gasteiger partial charge in [0.25, 0.3) is 0 Å². The van der Waals surface area contributed by atoms with Crippen molar-refractivity contribution >= 4 is 11.6 Å². The van der Waals surface area contributed by atoms with Gasteiger partial charge in [0, 0.05) is 11.2 Å². The predicted octanol–water partition coefficient (Wildman–Crippen LogP) is 3.95. The monoisotopic (exact) mass is 304 g/mol. The minimum Gasteiger partial charge on any atom is -0.496 e. The molecule has 1 unspecified atom stereocenters. The van der Waals surface area contributed by atoms with E-state index < -0.39 is 0 Å². The molecule has 0 saturated carbocycles. The Morgan fingerprint density at radius 3 is 2.81 bits per heavy atom. The van der Waals surface area contributed by atoms with Crippen LogP contribution in [0.4, 0.5) is 0 Å². The molecule has 2 rings (SSSR count). The number of halogens is 1. The highest BCUT2D eigenvalue weighted by Gasteiger charge is 2.17. The van der Waals surface area contributed by atoms with Crippen LogP contribution in [0.5, 0.6) is 5.75 Å². The van der Waals surface area contributed by atoms with Crippen LogP contribution in [0.2, 0.25) is 5.02 Å². The fourth-order valence-electron chi connectivity index (χ4n) is 2.50. The van der Waals surface area contributed by atoms with Crippen LogP contribution in [0.1, 0.15) is 29.8 Å². The molecule has 2 aromatic rings. The molecule has 0 aliphatic heterocycles. The van der Waals surface area contributed by atoms with Gasteiger partial charge in [-0.05, 0) is 55.3 Å². The first-order valence-corrected chi connectivity index (χ1v) is 7.50. The lowest BCUT2D eigenvalue weighted by atomic mass is 9.99. The average molecular weight is 305 g/mol. The summed E-state index contributed by atoms with van der Waals surface area (Å²) in [6.07, 6.45) is 2.62. The summed E-state index contributed by atoms with van der Waals surface area (Å²) in [5, 5.41) is 4.22. The normalized spacial score (nSPS) is 12.2. The SMILES string of the molecule is CCNC(Cc1cc(Cl)ccc1OC)c1ncccc1C. The molecule has 1 atom stereocenters. The largest absolute Gasteiger partial charge is 0.496 e. The summed E-state index contributed by atoms with van der Waals surface area (Å²) < 4.78 is 5.44. The molecule has 0 spiro atoms. The molecule has 0 saturated heterocycles. The molecule has 0 aliphatic carbocycles. The number of hydrogen-bond donors (Lipinski definition) is 1. The van der Waals surface area contributed by atoms with Gasteiger partial charge in [0.2, 0.25) is 0 Å². The van der Waals surface area contributed by atoms with Gasteiger partial charge in [-0.1, -0.05) is 24.6 Å². The number of nitrogens with zero attached hydrogens (tertiary/aromatic N) is 1. The molecule has 112 valence electrons. The number of nitrogens with one attached hydrogen (secondary N) is 1. The average Bonchev–Trinajstić information content (AvgIpc) is 2.48. The van der Waals surface area contributed by atoms with Crippen molar-refractivity contribution in [3.05, 3.63) is 58.4 Å². The maximum atomic E-state index is 6.12. The third-order valence-corrected chi connectivity index (χ3v) is 3.73. The molecule has 0 amide bonds. The number of likely N-dealkylation sites (N-methyl/N-ethyl adjacent to an activating group) is 1. The third-order valence-electron chi connectivity index (χ3n) is 3.50. The van der Waals surface area contributed by atoms with E-state index in [-0.39, 0.29) is 6.04 Å². The van der Waals surface area contributed by atoms with Gasteiger partial charge in [-0.25, -0.2) is 0 Å². The van der Waals surface area contributed by atoms with E-state index in [4.69, 9.17) is 16.3 Å². The van der Waals surface area contributed by atoms with Gasteiger partial charge < -0.3 is 10.1 Å². The van der Waals surface area contributed by atoms with Crippen LogP contribution in [-0.4, -0.2) is 18.6 Å². The van der Waals surface area contributed by atoms with Crippen LogP contribution >= 0.6 is 11.6 Å². The first-order chi connectivity index (χ1) is 10.2. The summed E-state index contributed by atoms with van der Waals surface area (Å²) in [5.41, 5.74) is 3.34. The quantitative estimate of drug-likeness (QED) is 0.877. The Bertz CT molecular complexity index is 601. The van der Waals surface area contributed by atoms with E-state index >= 15 is 0 Å². The summed E-state index contributed by atoms with van der Waals surface area (Å²) >= 11 is 6.12. The van der Waals surface area contributed by atoms with Gasteiger partial charge in [0.15, 0.2) is 0 Å². The lowest BCUT2D eigenvalue weighted by Crippen LogP contribution is -2.25. The molecule has 21 heavy (non-hydrogen) atoms. The number of ether oxygens (including phenoxy) is 1. The maximum Gasteiger partial charge on any atom is 0.122 e. The smallest absolute Gasteiger partial charge is 0.122 e. The first-order valence-electron chi connectivity index (χ1n) is 7.13. The van der Waals surface area contributed by atoms with Gasteiger partial charge in [-0.15, -0.1) is 0 Å². The second-order valence-corrected chi connectivity index (χ2v) is 5.41. The van der Waals surface area contributed by atoms with Crippen LogP contribution in [-0.2, 0) is 6.42 Å². The minimum atomic E-state index is 0.142. The van der Waals surface area contributed by atoms with Gasteiger partial charge in [-0.3, -0.25) is 4.98 Å². The lowest BCUT2D eigenvalue weighted by Gasteiger charge is -2.20. The van der Waals surface area contributed by atoms with Crippen molar-refractivity contribution in [1.29, 1.82) is 0 Å². The molecular formula is C17H21ClN2O. The molecule has 4 heteroatoms. The van der Waals surface area contributed by atoms with Crippen molar-refractivity contribution in [3.63, 3.8) is 0 Å². The number of benzene rings is 1. The molecular weight excluding hydrogens is 284 g/mol. The van der Waals surface area contributed by atoms with Crippen LogP contribution < -0.4 is 10.1 Å². The highest BCUT2D eigenvalue weighted by Crippen LogP contribution is 2.28. The Labute approximate surface area is 131 Å². The van der Waals surface area contributed by atoms with E-state index in [0.29, 0.717) is 0 Å². The van der Waals surface area contributed by atoms with Gasteiger partial charge >= 0.3 is 0 Å². The Morgan fingerprint density at radius 2 is 2.14 bits per heavy atom. The molecule has 0 radical (unpaired) electrons. The predicted molar refractivity (Wildman–Crippen MR) is 87.1 cm³/mol. The zero-order valence-electron chi connectivity index (χ0n) is 12.7. The summed E-state index contributed by atoms with van der Waals surface area (Å²) in [4.78, 5) is 4.54. The van der Waals surface area contributed by atoms with E-state index in [2.05, 4.69) is 30.2 Å². The lowest BCUT2D eigenvalue weighted by molar-refractivity contribution is 0.405. The van der Waals surface area contributed by atoms with E-state index in [1.54, 1.807) is 7.11 Å². The summed E-state index contributed by atoms with van der Waals surface area (Å²) in [5.74, 6) is 0.857. The highest BCUT2D eigenvalue weighted by molar-refractivity contribution is 6.30. The highest BCUT2D eigenvalue weighted by atomic mass is 35.5. The second kappa shape index (κ2) is 7.43. The van der Waals surface area contributed by atoms with Crippen LogP contribution in [0.15, 0.2) is 36.5 Å². The Balaban J connectivity index is 2.33. The zero-order chi connectivity index (χ0) is 15.2. The summed E-state index contributed by atoms with van der Waals surface area (Å²) in [7, 11) is 1.68. The Kier molecular flexibility index (Phi) is 5.59. The molecule has 1 heterocycles. The number of aryl methyl sites for hydroxylation is 1. The van der Waals surface area contributed by atoms with Crippen molar-refractivity contribution in [2.75, 3.05) is 13.7 Å². The standard InChI is InChI=1S/C17H21ClN2O/c1-4-19-15(17-12(2)6-5-9-20-17)11-13-10-14(18)7-8-16(13)21-3/h5-10,15,19H,4,11H2,1-3H3. The van der Waals surface area contributed by atoms with Gasteiger partial charge in [0.1, 0.15) is 5.75 Å². The van der Waals surface area contributed by atoms with Crippen LogP contribution in [0.3, 0.4) is 0 Å². The van der Waals surface area contributed by atoms with Crippen molar-refractivity contribution in [1.82, 2.24) is 10.3 Å². The molecule has 0 aliphatic rings. The van der Waals surface area contributed by atoms with Crippen molar-refractivity contribution in [2.45, 2.75) is 26.3 Å². The van der Waals surface area contributed by atoms with Gasteiger partial charge in [-0.2, -0.15) is 0 Å². The van der Waals surface area contributed by atoms with E-state index in [1.807, 2.05) is 30.5 Å². The number of rotatable bonds is 6. The summed E-state index contributed by atoms with van der Waals surface area (Å²) in [6, 6.07) is 9.90. The number of pyridine rings is 1. The molecule has 0 fully saturated rings. The van der Waals surface area contributed by atoms with Crippen LogP contribution in [0, 0.1) is 6.92 Å². The molecule has 0 bridgehead atoms. The van der Waals surface area contributed by atoms with E-state index in [9.17, 15) is 0 Å². The minimum absolute atomic E-state index is 0.142. The van der Waals surface area contributed by atoms with Crippen LogP contribution in [0.25, 0.3) is 0 Å². The third kappa shape index (κ3) is 3.96. The van der Waals surface area contributed by atoms with Crippen molar-refractivity contribution in [3.8, 4) is 5.75 Å². The number of methoxy groups -OCH3 is 1. The van der Waals surface area contributed by atoms with E-state index in [1.165, 1.54) is 5.56 Å².